The third-order valence-electron chi connectivity index (χ3n) is 2.64. The molecule has 3 nitrogen and oxygen atoms in total. The third kappa shape index (κ3) is 3.64. The van der Waals surface area contributed by atoms with Gasteiger partial charge < -0.3 is 15.8 Å². The fraction of sp³-hybridized carbons (Fsp3) is 0.200. The highest BCUT2D eigenvalue weighted by molar-refractivity contribution is 9.10. The Bertz CT molecular complexity index is 564. The Hall–Kier alpha value is -1.68. The number of benzene rings is 2. The van der Waals surface area contributed by atoms with Crippen LogP contribution in [0.4, 0.5) is 17.1 Å². The van der Waals surface area contributed by atoms with E-state index in [1.807, 2.05) is 31.2 Å². The van der Waals surface area contributed by atoms with Gasteiger partial charge in [-0.3, -0.25) is 0 Å². The lowest BCUT2D eigenvalue weighted by atomic mass is 10.2. The summed E-state index contributed by atoms with van der Waals surface area (Å²) in [5.41, 5.74) is 9.68. The lowest BCUT2D eigenvalue weighted by Crippen LogP contribution is -1.98. The summed E-state index contributed by atoms with van der Waals surface area (Å²) < 4.78 is 6.54. The number of nitrogens with two attached hydrogens (primary N) is 1. The van der Waals surface area contributed by atoms with Crippen LogP contribution in [0.15, 0.2) is 40.9 Å². The number of hydrogen-bond donors (Lipinski definition) is 2. The number of nitrogen functional groups attached to an aromatic ring is 1. The van der Waals surface area contributed by atoms with Gasteiger partial charge in [0.15, 0.2) is 0 Å². The van der Waals surface area contributed by atoms with Gasteiger partial charge in [0.2, 0.25) is 0 Å². The molecule has 0 spiro atoms. The first-order chi connectivity index (χ1) is 9.08. The average molecular weight is 321 g/mol. The van der Waals surface area contributed by atoms with Crippen LogP contribution in [-0.4, -0.2) is 6.61 Å². The third-order valence-corrected chi connectivity index (χ3v) is 3.10. The van der Waals surface area contributed by atoms with Crippen LogP contribution in [0.1, 0.15) is 12.5 Å². The fourth-order valence-electron chi connectivity index (χ4n) is 1.87. The number of halogens is 1. The summed E-state index contributed by atoms with van der Waals surface area (Å²) in [5, 5.41) is 3.35. The standard InChI is InChI=1S/C15H17BrN2O/c1-3-19-15-9-12(4-5-14(15)17)18-13-7-10(2)6-11(16)8-13/h4-9,18H,3,17H2,1-2H3. The SMILES string of the molecule is CCOc1cc(Nc2cc(C)cc(Br)c2)ccc1N. The van der Waals surface area contributed by atoms with E-state index in [1.165, 1.54) is 5.56 Å². The molecular weight excluding hydrogens is 304 g/mol. The Labute approximate surface area is 121 Å². The van der Waals surface area contributed by atoms with E-state index < -0.39 is 0 Å². The molecule has 2 aromatic carbocycles. The molecule has 0 atom stereocenters. The van der Waals surface area contributed by atoms with Crippen molar-refractivity contribution in [1.29, 1.82) is 0 Å². The van der Waals surface area contributed by atoms with Crippen LogP contribution in [0.3, 0.4) is 0 Å². The average Bonchev–Trinajstić information content (AvgIpc) is 2.32. The van der Waals surface area contributed by atoms with Crippen molar-refractivity contribution in [3.63, 3.8) is 0 Å². The van der Waals surface area contributed by atoms with Crippen LogP contribution in [0.5, 0.6) is 5.75 Å². The summed E-state index contributed by atoms with van der Waals surface area (Å²) in [6, 6.07) is 11.9. The molecular formula is C15H17BrN2O. The predicted octanol–water partition coefficient (Wildman–Crippen LogP) is 4.48. The molecule has 2 rings (SSSR count). The molecule has 100 valence electrons. The van der Waals surface area contributed by atoms with Crippen LogP contribution in [0.25, 0.3) is 0 Å². The molecule has 19 heavy (non-hydrogen) atoms. The monoisotopic (exact) mass is 320 g/mol. The summed E-state index contributed by atoms with van der Waals surface area (Å²) >= 11 is 3.49. The lowest BCUT2D eigenvalue weighted by Gasteiger charge is -2.12. The van der Waals surface area contributed by atoms with Gasteiger partial charge in [-0.15, -0.1) is 0 Å². The van der Waals surface area contributed by atoms with Crippen LogP contribution in [0, 0.1) is 6.92 Å². The first kappa shape index (κ1) is 13.7. The van der Waals surface area contributed by atoms with Crippen molar-refractivity contribution in [2.45, 2.75) is 13.8 Å². The highest BCUT2D eigenvalue weighted by Crippen LogP contribution is 2.28. The fourth-order valence-corrected chi connectivity index (χ4v) is 2.48. The zero-order chi connectivity index (χ0) is 13.8. The number of aryl methyl sites for hydroxylation is 1. The van der Waals surface area contributed by atoms with Gasteiger partial charge in [-0.25, -0.2) is 0 Å². The minimum Gasteiger partial charge on any atom is -0.492 e. The molecule has 0 amide bonds. The zero-order valence-electron chi connectivity index (χ0n) is 11.0. The predicted molar refractivity (Wildman–Crippen MR) is 84.2 cm³/mol. The molecule has 0 aliphatic carbocycles. The van der Waals surface area contributed by atoms with Crippen molar-refractivity contribution < 1.29 is 4.74 Å². The lowest BCUT2D eigenvalue weighted by molar-refractivity contribution is 0.342. The zero-order valence-corrected chi connectivity index (χ0v) is 12.6. The summed E-state index contributed by atoms with van der Waals surface area (Å²) in [4.78, 5) is 0. The second-order valence-electron chi connectivity index (χ2n) is 4.33. The van der Waals surface area contributed by atoms with E-state index in [0.29, 0.717) is 18.0 Å². The van der Waals surface area contributed by atoms with Crippen molar-refractivity contribution >= 4 is 33.0 Å². The minimum atomic E-state index is 0.601. The van der Waals surface area contributed by atoms with Crippen LogP contribution < -0.4 is 15.8 Å². The number of anilines is 3. The molecule has 0 bridgehead atoms. The van der Waals surface area contributed by atoms with Gasteiger partial charge in [0.05, 0.1) is 12.3 Å². The van der Waals surface area contributed by atoms with E-state index >= 15 is 0 Å². The van der Waals surface area contributed by atoms with Crippen LogP contribution >= 0.6 is 15.9 Å². The van der Waals surface area contributed by atoms with Gasteiger partial charge in [0.25, 0.3) is 0 Å². The molecule has 2 aromatic rings. The van der Waals surface area contributed by atoms with E-state index in [0.717, 1.165) is 15.8 Å². The van der Waals surface area contributed by atoms with E-state index in [2.05, 4.69) is 40.3 Å². The normalized spacial score (nSPS) is 10.3. The van der Waals surface area contributed by atoms with E-state index in [4.69, 9.17) is 10.5 Å². The Morgan fingerprint density at radius 1 is 1.16 bits per heavy atom. The number of ether oxygens (including phenoxy) is 1. The topological polar surface area (TPSA) is 47.3 Å². The summed E-state index contributed by atoms with van der Waals surface area (Å²) in [5.74, 6) is 0.708. The number of nitrogens with one attached hydrogen (secondary N) is 1. The molecule has 0 saturated carbocycles. The highest BCUT2D eigenvalue weighted by Gasteiger charge is 2.03. The van der Waals surface area contributed by atoms with Crippen molar-refractivity contribution in [2.24, 2.45) is 0 Å². The molecule has 0 unspecified atom stereocenters. The molecule has 3 N–H and O–H groups in total. The van der Waals surface area contributed by atoms with E-state index in [-0.39, 0.29) is 0 Å². The maximum Gasteiger partial charge on any atom is 0.144 e. The number of hydrogen-bond acceptors (Lipinski definition) is 3. The Balaban J connectivity index is 2.25. The molecule has 4 heteroatoms. The first-order valence-corrected chi connectivity index (χ1v) is 6.94. The smallest absolute Gasteiger partial charge is 0.144 e. The molecule has 0 radical (unpaired) electrons. The highest BCUT2D eigenvalue weighted by atomic mass is 79.9. The summed E-state index contributed by atoms with van der Waals surface area (Å²) in [7, 11) is 0. The van der Waals surface area contributed by atoms with Crippen LogP contribution in [0.2, 0.25) is 0 Å². The van der Waals surface area contributed by atoms with Gasteiger partial charge in [-0.1, -0.05) is 15.9 Å². The molecule has 0 saturated heterocycles. The second kappa shape index (κ2) is 5.97. The molecule has 0 heterocycles. The Morgan fingerprint density at radius 3 is 2.63 bits per heavy atom. The van der Waals surface area contributed by atoms with Crippen LogP contribution in [-0.2, 0) is 0 Å². The maximum atomic E-state index is 5.86. The minimum absolute atomic E-state index is 0.601. The molecule has 0 aliphatic rings. The summed E-state index contributed by atoms with van der Waals surface area (Å²) in [6.07, 6.45) is 0. The van der Waals surface area contributed by atoms with Crippen molar-refractivity contribution in [3.8, 4) is 5.75 Å². The van der Waals surface area contributed by atoms with Gasteiger partial charge in [0.1, 0.15) is 5.75 Å². The first-order valence-electron chi connectivity index (χ1n) is 6.15. The maximum absolute atomic E-state index is 5.86. The summed E-state index contributed by atoms with van der Waals surface area (Å²) in [6.45, 7) is 4.60. The molecule has 0 fully saturated rings. The van der Waals surface area contributed by atoms with E-state index in [9.17, 15) is 0 Å². The van der Waals surface area contributed by atoms with Crippen molar-refractivity contribution in [1.82, 2.24) is 0 Å². The van der Waals surface area contributed by atoms with Gasteiger partial charge in [0, 0.05) is 21.9 Å². The molecule has 0 aliphatic heterocycles. The van der Waals surface area contributed by atoms with Crippen molar-refractivity contribution in [2.75, 3.05) is 17.7 Å². The molecule has 0 aromatic heterocycles. The quantitative estimate of drug-likeness (QED) is 0.816. The van der Waals surface area contributed by atoms with Crippen molar-refractivity contribution in [3.05, 3.63) is 46.4 Å². The Kier molecular flexibility index (Phi) is 4.32. The van der Waals surface area contributed by atoms with E-state index in [1.54, 1.807) is 0 Å². The van der Waals surface area contributed by atoms with Gasteiger partial charge >= 0.3 is 0 Å². The second-order valence-corrected chi connectivity index (χ2v) is 5.24. The largest absolute Gasteiger partial charge is 0.492 e. The number of rotatable bonds is 4. The van der Waals surface area contributed by atoms with Gasteiger partial charge in [-0.05, 0) is 49.7 Å². The van der Waals surface area contributed by atoms with Gasteiger partial charge in [-0.2, -0.15) is 0 Å². The Morgan fingerprint density at radius 2 is 1.95 bits per heavy atom.